The molecular formula is C32H44N6O6S. The predicted octanol–water partition coefficient (Wildman–Crippen LogP) is 1.89. The van der Waals surface area contributed by atoms with E-state index in [2.05, 4.69) is 20.3 Å². The predicted molar refractivity (Wildman–Crippen MR) is 173 cm³/mol. The lowest BCUT2D eigenvalue weighted by molar-refractivity contribution is -0.128. The molecule has 3 rings (SSSR count). The number of unbranched alkanes of at least 4 members (excludes halogenated alkanes) is 1. The highest BCUT2D eigenvalue weighted by atomic mass is 32.2. The molecule has 0 aliphatic heterocycles. The van der Waals surface area contributed by atoms with Crippen molar-refractivity contribution in [1.82, 2.24) is 24.6 Å². The number of fused-ring (bicyclic) bond motifs is 1. The van der Waals surface area contributed by atoms with Gasteiger partial charge >= 0.3 is 0 Å². The fourth-order valence-electron chi connectivity index (χ4n) is 4.75. The Hall–Kier alpha value is -3.91. The number of carbonyl (C=O) groups excluding carboxylic acids is 3. The number of pyridine rings is 1. The van der Waals surface area contributed by atoms with Gasteiger partial charge in [0.25, 0.3) is 16.1 Å². The Balaban J connectivity index is 1.84. The van der Waals surface area contributed by atoms with E-state index in [-0.39, 0.29) is 37.7 Å². The molecule has 12 nitrogen and oxygen atoms in total. The Bertz CT molecular complexity index is 1540. The maximum atomic E-state index is 13.6. The first-order valence-electron chi connectivity index (χ1n) is 15.1. The molecule has 0 fully saturated rings. The normalized spacial score (nSPS) is 13.8. The molecule has 1 unspecified atom stereocenters. The number of aromatic nitrogens is 1. The van der Waals surface area contributed by atoms with Gasteiger partial charge in [0.15, 0.2) is 0 Å². The van der Waals surface area contributed by atoms with Crippen molar-refractivity contribution in [3.05, 3.63) is 78.0 Å². The fraction of sp³-hybridized carbons (Fsp3) is 0.438. The van der Waals surface area contributed by atoms with Crippen LogP contribution in [0.1, 0.15) is 56.1 Å². The van der Waals surface area contributed by atoms with Crippen LogP contribution >= 0.6 is 0 Å². The molecule has 244 valence electrons. The summed E-state index contributed by atoms with van der Waals surface area (Å²) in [6.45, 7) is 5.79. The third-order valence-corrected chi connectivity index (χ3v) is 8.61. The average Bonchev–Trinajstić information content (AvgIpc) is 2.99. The Morgan fingerprint density at radius 2 is 1.64 bits per heavy atom. The van der Waals surface area contributed by atoms with E-state index in [0.29, 0.717) is 11.9 Å². The highest BCUT2D eigenvalue weighted by molar-refractivity contribution is 7.87. The van der Waals surface area contributed by atoms with E-state index in [9.17, 15) is 27.9 Å². The summed E-state index contributed by atoms with van der Waals surface area (Å²) in [6.07, 6.45) is -0.237. The lowest BCUT2D eigenvalue weighted by Gasteiger charge is -2.31. The molecule has 3 atom stereocenters. The summed E-state index contributed by atoms with van der Waals surface area (Å²) in [5, 5.41) is 17.5. The van der Waals surface area contributed by atoms with Crippen molar-refractivity contribution in [2.75, 3.05) is 19.6 Å². The van der Waals surface area contributed by atoms with Crippen LogP contribution in [0.5, 0.6) is 0 Å². The summed E-state index contributed by atoms with van der Waals surface area (Å²) in [5.74, 6) is -2.31. The molecule has 0 aliphatic carbocycles. The van der Waals surface area contributed by atoms with Gasteiger partial charge in [-0.15, -0.1) is 0 Å². The molecule has 0 aliphatic rings. The minimum Gasteiger partial charge on any atom is -0.390 e. The molecule has 1 heterocycles. The minimum absolute atomic E-state index is 0.0407. The van der Waals surface area contributed by atoms with Crippen molar-refractivity contribution in [1.29, 1.82) is 0 Å². The molecule has 45 heavy (non-hydrogen) atoms. The zero-order chi connectivity index (χ0) is 33.0. The van der Waals surface area contributed by atoms with E-state index < -0.39 is 52.5 Å². The number of para-hydroxylation sites is 1. The van der Waals surface area contributed by atoms with Gasteiger partial charge in [-0.05, 0) is 36.5 Å². The molecule has 0 bridgehead atoms. The zero-order valence-electron chi connectivity index (χ0n) is 26.0. The van der Waals surface area contributed by atoms with Crippen molar-refractivity contribution in [3.63, 3.8) is 0 Å². The number of rotatable bonds is 18. The molecule has 13 heteroatoms. The molecule has 0 radical (unpaired) electrons. The Labute approximate surface area is 265 Å². The second-order valence-corrected chi connectivity index (χ2v) is 13.2. The quantitative estimate of drug-likeness (QED) is 0.132. The number of hydrogen-bond acceptors (Lipinski definition) is 7. The Morgan fingerprint density at radius 1 is 0.956 bits per heavy atom. The third-order valence-electron chi connectivity index (χ3n) is 7.06. The van der Waals surface area contributed by atoms with Crippen LogP contribution in [0.3, 0.4) is 0 Å². The molecule has 1 aromatic heterocycles. The molecule has 0 saturated carbocycles. The molecule has 3 amide bonds. The average molecular weight is 641 g/mol. The highest BCUT2D eigenvalue weighted by Crippen LogP contribution is 2.14. The topological polar surface area (TPSA) is 184 Å². The van der Waals surface area contributed by atoms with Gasteiger partial charge in [0, 0.05) is 25.0 Å². The van der Waals surface area contributed by atoms with E-state index >= 15 is 0 Å². The number of aliphatic hydroxyl groups is 1. The van der Waals surface area contributed by atoms with Crippen molar-refractivity contribution in [2.45, 2.75) is 64.6 Å². The molecule has 0 spiro atoms. The highest BCUT2D eigenvalue weighted by Gasteiger charge is 2.32. The van der Waals surface area contributed by atoms with E-state index in [0.717, 1.165) is 17.4 Å². The number of nitrogens with two attached hydrogens (primary N) is 1. The SMILES string of the molecule is CCCCNS(=O)(=O)N(CC(C)C)C[C@@H](O)C(Cc1ccccc1)NC(=O)[C@H](CC(N)=O)NC(=O)c1ccc2ccccc2n1. The van der Waals surface area contributed by atoms with Crippen LogP contribution in [0, 0.1) is 5.92 Å². The summed E-state index contributed by atoms with van der Waals surface area (Å²) < 4.78 is 30.1. The number of hydrogen-bond donors (Lipinski definition) is 5. The molecule has 2 aromatic carbocycles. The first-order valence-corrected chi connectivity index (χ1v) is 16.6. The maximum Gasteiger partial charge on any atom is 0.279 e. The first kappa shape index (κ1) is 35.6. The Morgan fingerprint density at radius 3 is 2.31 bits per heavy atom. The summed E-state index contributed by atoms with van der Waals surface area (Å²) in [5.41, 5.74) is 6.83. The lowest BCUT2D eigenvalue weighted by atomic mass is 10.00. The molecule has 0 saturated heterocycles. The summed E-state index contributed by atoms with van der Waals surface area (Å²) >= 11 is 0. The van der Waals surface area contributed by atoms with Crippen molar-refractivity contribution >= 4 is 38.8 Å². The van der Waals surface area contributed by atoms with Crippen LogP contribution in [-0.4, -0.2) is 78.4 Å². The van der Waals surface area contributed by atoms with Gasteiger partial charge in [-0.1, -0.05) is 81.8 Å². The molecular weight excluding hydrogens is 596 g/mol. The molecule has 6 N–H and O–H groups in total. The maximum absolute atomic E-state index is 13.6. The summed E-state index contributed by atoms with van der Waals surface area (Å²) in [4.78, 5) is 43.0. The van der Waals surface area contributed by atoms with Crippen LogP contribution in [0.4, 0.5) is 0 Å². The van der Waals surface area contributed by atoms with Crippen molar-refractivity contribution in [3.8, 4) is 0 Å². The van der Waals surface area contributed by atoms with Gasteiger partial charge in [0.1, 0.15) is 11.7 Å². The van der Waals surface area contributed by atoms with E-state index in [1.165, 1.54) is 10.4 Å². The molecule has 3 aromatic rings. The summed E-state index contributed by atoms with van der Waals surface area (Å²) in [6, 6.07) is 17.2. The van der Waals surface area contributed by atoms with Crippen LogP contribution in [0.15, 0.2) is 66.7 Å². The van der Waals surface area contributed by atoms with Gasteiger partial charge < -0.3 is 21.5 Å². The standard InChI is InChI=1S/C32H44N6O6S/c1-4-5-17-34-45(43,44)38(20-22(2)3)21-29(39)27(18-23-11-7-6-8-12-23)36-32(42)28(19-30(33)40)37-31(41)26-16-15-24-13-9-10-14-25(24)35-26/h6-16,22,27-29,34,39H,4-5,17-21H2,1-3H3,(H2,33,40)(H,36,42)(H,37,41)/t27?,28-,29+/m0/s1. The van der Waals surface area contributed by atoms with E-state index in [1.807, 2.05) is 51.1 Å². The van der Waals surface area contributed by atoms with Gasteiger partial charge in [0.05, 0.1) is 24.1 Å². The minimum atomic E-state index is -3.93. The van der Waals surface area contributed by atoms with Gasteiger partial charge in [-0.3, -0.25) is 14.4 Å². The van der Waals surface area contributed by atoms with Crippen molar-refractivity contribution < 1.29 is 27.9 Å². The first-order chi connectivity index (χ1) is 21.4. The number of carbonyl (C=O) groups is 3. The van der Waals surface area contributed by atoms with Gasteiger partial charge in [0.2, 0.25) is 11.8 Å². The smallest absolute Gasteiger partial charge is 0.279 e. The number of nitrogens with zero attached hydrogens (tertiary/aromatic N) is 2. The third kappa shape index (κ3) is 11.2. The Kier molecular flexibility index (Phi) is 13.4. The van der Waals surface area contributed by atoms with Gasteiger partial charge in [-0.25, -0.2) is 9.71 Å². The number of amides is 3. The number of benzene rings is 2. The van der Waals surface area contributed by atoms with E-state index in [4.69, 9.17) is 5.73 Å². The van der Waals surface area contributed by atoms with Gasteiger partial charge in [-0.2, -0.15) is 12.7 Å². The van der Waals surface area contributed by atoms with Crippen LogP contribution < -0.4 is 21.1 Å². The lowest BCUT2D eigenvalue weighted by Crippen LogP contribution is -2.57. The second kappa shape index (κ2) is 17.0. The number of primary amides is 1. The number of aliphatic hydroxyl groups excluding tert-OH is 1. The van der Waals surface area contributed by atoms with Crippen molar-refractivity contribution in [2.24, 2.45) is 11.7 Å². The second-order valence-electron chi connectivity index (χ2n) is 11.4. The monoisotopic (exact) mass is 640 g/mol. The fourth-order valence-corrected chi connectivity index (χ4v) is 6.18. The zero-order valence-corrected chi connectivity index (χ0v) is 26.8. The number of nitrogens with one attached hydrogen (secondary N) is 3. The van der Waals surface area contributed by atoms with Crippen LogP contribution in [-0.2, 0) is 26.2 Å². The summed E-state index contributed by atoms with van der Waals surface area (Å²) in [7, 11) is -3.93. The van der Waals surface area contributed by atoms with Crippen LogP contribution in [0.2, 0.25) is 0 Å². The van der Waals surface area contributed by atoms with Crippen LogP contribution in [0.25, 0.3) is 10.9 Å². The largest absolute Gasteiger partial charge is 0.390 e. The van der Waals surface area contributed by atoms with E-state index in [1.54, 1.807) is 30.3 Å².